The van der Waals surface area contributed by atoms with Crippen molar-refractivity contribution in [3.8, 4) is 6.07 Å². The van der Waals surface area contributed by atoms with E-state index in [9.17, 15) is 4.79 Å². The number of carbonyl (C=O) groups excluding carboxylic acids is 1. The monoisotopic (exact) mass is 240 g/mol. The summed E-state index contributed by atoms with van der Waals surface area (Å²) in [6, 6.07) is 5.44. The van der Waals surface area contributed by atoms with E-state index in [0.29, 0.717) is 17.7 Å². The fourth-order valence-electron chi connectivity index (χ4n) is 1.56. The first-order valence-corrected chi connectivity index (χ1v) is 5.54. The van der Waals surface area contributed by atoms with E-state index in [4.69, 9.17) is 5.26 Å². The summed E-state index contributed by atoms with van der Waals surface area (Å²) < 4.78 is 0. The number of nitrogens with one attached hydrogen (secondary N) is 2. The Morgan fingerprint density at radius 1 is 1.50 bits per heavy atom. The molecule has 2 heterocycles. The van der Waals surface area contributed by atoms with Crippen LogP contribution >= 0.6 is 0 Å². The van der Waals surface area contributed by atoms with E-state index in [2.05, 4.69) is 15.3 Å². The molecule has 90 valence electrons. The number of rotatable bonds is 4. The summed E-state index contributed by atoms with van der Waals surface area (Å²) in [6.07, 6.45) is 7.38. The molecule has 0 aliphatic carbocycles. The van der Waals surface area contributed by atoms with Gasteiger partial charge in [0.2, 0.25) is 0 Å². The molecule has 5 heteroatoms. The number of nitriles is 1. The van der Waals surface area contributed by atoms with Crippen molar-refractivity contribution in [2.75, 3.05) is 6.54 Å². The van der Waals surface area contributed by atoms with E-state index in [0.717, 1.165) is 12.0 Å². The molecule has 0 aliphatic heterocycles. The van der Waals surface area contributed by atoms with Crippen LogP contribution < -0.4 is 5.32 Å². The predicted molar refractivity (Wildman–Crippen MR) is 65.8 cm³/mol. The second-order valence-corrected chi connectivity index (χ2v) is 3.80. The Kier molecular flexibility index (Phi) is 3.72. The Morgan fingerprint density at radius 2 is 2.39 bits per heavy atom. The zero-order valence-electron chi connectivity index (χ0n) is 9.68. The van der Waals surface area contributed by atoms with Crippen molar-refractivity contribution in [1.29, 1.82) is 5.26 Å². The molecule has 0 spiro atoms. The lowest BCUT2D eigenvalue weighted by Gasteiger charge is -2.04. The van der Waals surface area contributed by atoms with Gasteiger partial charge in [0, 0.05) is 31.3 Å². The first-order chi connectivity index (χ1) is 8.79. The Hall–Kier alpha value is -2.61. The number of aromatic nitrogens is 2. The van der Waals surface area contributed by atoms with Crippen LogP contribution in [0.4, 0.5) is 0 Å². The summed E-state index contributed by atoms with van der Waals surface area (Å²) in [6.45, 7) is 0.549. The quantitative estimate of drug-likeness (QED) is 0.843. The van der Waals surface area contributed by atoms with Gasteiger partial charge in [-0.25, -0.2) is 0 Å². The van der Waals surface area contributed by atoms with Gasteiger partial charge in [-0.3, -0.25) is 9.78 Å². The van der Waals surface area contributed by atoms with Crippen LogP contribution in [0.5, 0.6) is 0 Å². The molecule has 0 unspecified atom stereocenters. The minimum absolute atomic E-state index is 0.213. The van der Waals surface area contributed by atoms with E-state index in [-0.39, 0.29) is 5.91 Å². The molecule has 0 aliphatic rings. The van der Waals surface area contributed by atoms with Gasteiger partial charge in [-0.1, -0.05) is 0 Å². The average molecular weight is 240 g/mol. The normalized spacial score (nSPS) is 9.72. The average Bonchev–Trinajstić information content (AvgIpc) is 2.92. The van der Waals surface area contributed by atoms with Crippen molar-refractivity contribution in [1.82, 2.24) is 15.3 Å². The van der Waals surface area contributed by atoms with Gasteiger partial charge in [0.25, 0.3) is 5.91 Å². The second kappa shape index (κ2) is 5.64. The number of hydrogen-bond donors (Lipinski definition) is 2. The molecular weight excluding hydrogens is 228 g/mol. The fourth-order valence-corrected chi connectivity index (χ4v) is 1.56. The van der Waals surface area contributed by atoms with Crippen molar-refractivity contribution < 1.29 is 4.79 Å². The van der Waals surface area contributed by atoms with Crippen LogP contribution in [0.2, 0.25) is 0 Å². The van der Waals surface area contributed by atoms with E-state index in [1.807, 2.05) is 24.5 Å². The highest BCUT2D eigenvalue weighted by atomic mass is 16.1. The molecular formula is C13H12N4O. The highest BCUT2D eigenvalue weighted by Gasteiger charge is 2.06. The van der Waals surface area contributed by atoms with Crippen molar-refractivity contribution in [2.45, 2.75) is 6.42 Å². The molecule has 0 saturated heterocycles. The van der Waals surface area contributed by atoms with Gasteiger partial charge in [-0.15, -0.1) is 0 Å². The van der Waals surface area contributed by atoms with E-state index >= 15 is 0 Å². The lowest BCUT2D eigenvalue weighted by atomic mass is 10.2. The minimum Gasteiger partial charge on any atom is -0.367 e. The van der Waals surface area contributed by atoms with Gasteiger partial charge >= 0.3 is 0 Å². The number of aromatic amines is 1. The predicted octanol–water partition coefficient (Wildman–Crippen LogP) is 1.25. The molecule has 2 N–H and O–H groups in total. The lowest BCUT2D eigenvalue weighted by Crippen LogP contribution is -2.25. The van der Waals surface area contributed by atoms with Crippen LogP contribution in [0.25, 0.3) is 0 Å². The van der Waals surface area contributed by atoms with Gasteiger partial charge in [0.15, 0.2) is 0 Å². The topological polar surface area (TPSA) is 81.6 Å². The highest BCUT2D eigenvalue weighted by Crippen LogP contribution is 2.02. The molecule has 0 atom stereocenters. The smallest absolute Gasteiger partial charge is 0.252 e. The Balaban J connectivity index is 1.89. The van der Waals surface area contributed by atoms with Gasteiger partial charge in [0.1, 0.15) is 6.07 Å². The molecule has 5 nitrogen and oxygen atoms in total. The molecule has 0 bridgehead atoms. The third kappa shape index (κ3) is 2.95. The molecule has 1 amide bonds. The summed E-state index contributed by atoms with van der Waals surface area (Å²) in [5.41, 5.74) is 1.93. The highest BCUT2D eigenvalue weighted by molar-refractivity contribution is 5.94. The summed E-state index contributed by atoms with van der Waals surface area (Å²) in [4.78, 5) is 18.6. The van der Waals surface area contributed by atoms with Crippen molar-refractivity contribution in [2.24, 2.45) is 0 Å². The van der Waals surface area contributed by atoms with Crippen LogP contribution in [-0.2, 0) is 6.42 Å². The molecule has 18 heavy (non-hydrogen) atoms. The minimum atomic E-state index is -0.213. The van der Waals surface area contributed by atoms with Crippen molar-refractivity contribution in [3.63, 3.8) is 0 Å². The van der Waals surface area contributed by atoms with Gasteiger partial charge in [-0.05, 0) is 24.1 Å². The van der Waals surface area contributed by atoms with Crippen molar-refractivity contribution in [3.05, 3.63) is 53.6 Å². The molecule has 0 saturated carbocycles. The molecule has 2 aromatic heterocycles. The van der Waals surface area contributed by atoms with Crippen LogP contribution in [0.15, 0.2) is 36.9 Å². The van der Waals surface area contributed by atoms with Crippen molar-refractivity contribution >= 4 is 5.91 Å². The Labute approximate surface area is 104 Å². The molecule has 2 aromatic rings. The number of amides is 1. The van der Waals surface area contributed by atoms with Crippen LogP contribution in [0.1, 0.15) is 21.5 Å². The summed E-state index contributed by atoms with van der Waals surface area (Å²) in [5, 5.41) is 11.5. The molecule has 0 fully saturated rings. The van der Waals surface area contributed by atoms with E-state index in [1.54, 1.807) is 0 Å². The van der Waals surface area contributed by atoms with Crippen LogP contribution in [-0.4, -0.2) is 22.4 Å². The number of carbonyl (C=O) groups is 1. The molecule has 2 rings (SSSR count). The van der Waals surface area contributed by atoms with Crippen LogP contribution in [0, 0.1) is 11.3 Å². The Morgan fingerprint density at radius 3 is 3.11 bits per heavy atom. The molecule has 0 aromatic carbocycles. The maximum atomic E-state index is 11.8. The summed E-state index contributed by atoms with van der Waals surface area (Å²) in [7, 11) is 0. The maximum absolute atomic E-state index is 11.8. The number of H-pyrrole nitrogens is 1. The fraction of sp³-hybridized carbons (Fsp3) is 0.154. The summed E-state index contributed by atoms with van der Waals surface area (Å²) in [5.74, 6) is -0.213. The SMILES string of the molecule is N#Cc1cncc(C(=O)NCCc2cc[nH]c2)c1. The van der Waals surface area contributed by atoms with Gasteiger partial charge < -0.3 is 10.3 Å². The first-order valence-electron chi connectivity index (χ1n) is 5.54. The standard InChI is InChI=1S/C13H12N4O/c14-6-11-5-12(9-16-8-11)13(18)17-4-2-10-1-3-15-7-10/h1,3,5,7-9,15H,2,4H2,(H,17,18). The lowest BCUT2D eigenvalue weighted by molar-refractivity contribution is 0.0953. The second-order valence-electron chi connectivity index (χ2n) is 3.80. The van der Waals surface area contributed by atoms with E-state index < -0.39 is 0 Å². The molecule has 0 radical (unpaired) electrons. The third-order valence-electron chi connectivity index (χ3n) is 2.49. The zero-order chi connectivity index (χ0) is 12.8. The Bertz CT molecular complexity index is 569. The number of pyridine rings is 1. The first kappa shape index (κ1) is 11.9. The number of nitrogens with zero attached hydrogens (tertiary/aromatic N) is 2. The zero-order valence-corrected chi connectivity index (χ0v) is 9.68. The third-order valence-corrected chi connectivity index (χ3v) is 2.49. The van der Waals surface area contributed by atoms with Crippen LogP contribution in [0.3, 0.4) is 0 Å². The van der Waals surface area contributed by atoms with Gasteiger partial charge in [-0.2, -0.15) is 5.26 Å². The van der Waals surface area contributed by atoms with Gasteiger partial charge in [0.05, 0.1) is 11.1 Å². The van der Waals surface area contributed by atoms with E-state index in [1.165, 1.54) is 18.5 Å². The summed E-state index contributed by atoms with van der Waals surface area (Å²) >= 11 is 0. The number of hydrogen-bond acceptors (Lipinski definition) is 3. The maximum Gasteiger partial charge on any atom is 0.252 e. The largest absolute Gasteiger partial charge is 0.367 e.